The molecule has 0 atom stereocenters. The third-order valence-electron chi connectivity index (χ3n) is 3.46. The lowest BCUT2D eigenvalue weighted by Gasteiger charge is -2.09. The summed E-state index contributed by atoms with van der Waals surface area (Å²) >= 11 is 5.85. The molecule has 2 aromatic rings. The van der Waals surface area contributed by atoms with Crippen molar-refractivity contribution in [1.29, 1.82) is 0 Å². The fourth-order valence-electron chi connectivity index (χ4n) is 2.35. The molecule has 0 unspecified atom stereocenters. The molecule has 134 valence electrons. The number of nitrogens with one attached hydrogen (secondary N) is 2. The Labute approximate surface area is 147 Å². The number of halogens is 3. The van der Waals surface area contributed by atoms with E-state index >= 15 is 0 Å². The number of H-pyrrole nitrogens is 1. The van der Waals surface area contributed by atoms with Crippen LogP contribution >= 0.6 is 11.6 Å². The largest absolute Gasteiger partial charge is 0.465 e. The molecule has 2 rings (SSSR count). The van der Waals surface area contributed by atoms with Crippen LogP contribution in [0.25, 0.3) is 0 Å². The van der Waals surface area contributed by atoms with Crippen LogP contribution in [0.4, 0.5) is 14.5 Å². The molecule has 25 heavy (non-hydrogen) atoms. The molecular formula is C16H15ClF2N2O4. The van der Waals surface area contributed by atoms with E-state index < -0.39 is 18.5 Å². The van der Waals surface area contributed by atoms with Crippen molar-refractivity contribution in [3.8, 4) is 5.75 Å². The van der Waals surface area contributed by atoms with E-state index in [1.165, 1.54) is 25.3 Å². The van der Waals surface area contributed by atoms with E-state index in [0.29, 0.717) is 11.3 Å². The number of benzene rings is 1. The summed E-state index contributed by atoms with van der Waals surface area (Å²) in [7, 11) is 1.25. The van der Waals surface area contributed by atoms with E-state index in [2.05, 4.69) is 19.8 Å². The molecule has 0 saturated carbocycles. The summed E-state index contributed by atoms with van der Waals surface area (Å²) in [4.78, 5) is 27.0. The van der Waals surface area contributed by atoms with Gasteiger partial charge in [0.2, 0.25) is 0 Å². The van der Waals surface area contributed by atoms with Crippen LogP contribution in [0.5, 0.6) is 5.75 Å². The van der Waals surface area contributed by atoms with Crippen molar-refractivity contribution >= 4 is 29.2 Å². The maximum Gasteiger partial charge on any atom is 0.387 e. The number of anilines is 1. The number of aromatic amines is 1. The van der Waals surface area contributed by atoms with Gasteiger partial charge in [0.15, 0.2) is 0 Å². The number of amides is 1. The van der Waals surface area contributed by atoms with Crippen molar-refractivity contribution in [1.82, 2.24) is 4.98 Å². The number of carbonyl (C=O) groups is 2. The zero-order valence-electron chi connectivity index (χ0n) is 13.6. The summed E-state index contributed by atoms with van der Waals surface area (Å²) in [6.45, 7) is 0.250. The number of rotatable bonds is 5. The number of aryl methyl sites for hydroxylation is 1. The summed E-state index contributed by atoms with van der Waals surface area (Å²) in [5, 5.41) is 2.49. The first-order chi connectivity index (χ1) is 11.7. The van der Waals surface area contributed by atoms with E-state index in [4.69, 9.17) is 11.6 Å². The average Bonchev–Trinajstić information content (AvgIpc) is 2.84. The van der Waals surface area contributed by atoms with Gasteiger partial charge >= 0.3 is 12.6 Å². The summed E-state index contributed by atoms with van der Waals surface area (Å²) in [6.07, 6.45) is 0. The second kappa shape index (κ2) is 7.52. The van der Waals surface area contributed by atoms with E-state index in [1.807, 2.05) is 0 Å². The van der Waals surface area contributed by atoms with Crippen LogP contribution in [-0.4, -0.2) is 30.6 Å². The molecule has 0 aliphatic carbocycles. The van der Waals surface area contributed by atoms with Gasteiger partial charge in [-0.15, -0.1) is 0 Å². The molecule has 1 aromatic carbocycles. The summed E-state index contributed by atoms with van der Waals surface area (Å²) in [5.41, 5.74) is 1.68. The van der Waals surface area contributed by atoms with Gasteiger partial charge in [-0.2, -0.15) is 8.78 Å². The molecule has 6 nitrogen and oxygen atoms in total. The molecule has 1 amide bonds. The quantitative estimate of drug-likeness (QED) is 0.779. The number of carbonyl (C=O) groups excluding carboxylic acids is 2. The van der Waals surface area contributed by atoms with E-state index in [1.54, 1.807) is 13.8 Å². The molecule has 0 radical (unpaired) electrons. The third kappa shape index (κ3) is 4.08. The first-order valence-electron chi connectivity index (χ1n) is 7.07. The molecule has 0 aliphatic heterocycles. The minimum Gasteiger partial charge on any atom is -0.465 e. The van der Waals surface area contributed by atoms with Gasteiger partial charge in [-0.3, -0.25) is 4.79 Å². The van der Waals surface area contributed by atoms with E-state index in [-0.39, 0.29) is 27.7 Å². The van der Waals surface area contributed by atoms with Crippen LogP contribution in [0.3, 0.4) is 0 Å². The average molecular weight is 373 g/mol. The predicted octanol–water partition coefficient (Wildman–Crippen LogP) is 3.93. The Bertz CT molecular complexity index is 821. The second-order valence-electron chi connectivity index (χ2n) is 5.09. The zero-order valence-corrected chi connectivity index (χ0v) is 14.3. The van der Waals surface area contributed by atoms with Gasteiger partial charge < -0.3 is 19.8 Å². The first-order valence-corrected chi connectivity index (χ1v) is 7.45. The topological polar surface area (TPSA) is 80.4 Å². The monoisotopic (exact) mass is 372 g/mol. The number of ether oxygens (including phenoxy) is 2. The van der Waals surface area contributed by atoms with Crippen LogP contribution in [0.1, 0.15) is 32.1 Å². The molecular weight excluding hydrogens is 358 g/mol. The maximum atomic E-state index is 12.4. The lowest BCUT2D eigenvalue weighted by molar-refractivity contribution is -0.0497. The molecule has 1 aromatic heterocycles. The van der Waals surface area contributed by atoms with Crippen LogP contribution in [0, 0.1) is 13.8 Å². The molecule has 0 bridgehead atoms. The van der Waals surface area contributed by atoms with Crippen molar-refractivity contribution in [2.45, 2.75) is 20.5 Å². The molecule has 2 N–H and O–H groups in total. The summed E-state index contributed by atoms with van der Waals surface area (Å²) in [6, 6.07) is 3.87. The minimum absolute atomic E-state index is 0.0762. The highest BCUT2D eigenvalue weighted by Crippen LogP contribution is 2.29. The Morgan fingerprint density at radius 2 is 1.96 bits per heavy atom. The highest BCUT2D eigenvalue weighted by atomic mass is 35.5. The van der Waals surface area contributed by atoms with Crippen molar-refractivity contribution in [2.75, 3.05) is 12.4 Å². The Balaban J connectivity index is 2.23. The Morgan fingerprint density at radius 1 is 1.28 bits per heavy atom. The fraction of sp³-hybridized carbons (Fsp3) is 0.250. The van der Waals surface area contributed by atoms with Crippen molar-refractivity contribution in [3.63, 3.8) is 0 Å². The van der Waals surface area contributed by atoms with Crippen molar-refractivity contribution in [2.24, 2.45) is 0 Å². The van der Waals surface area contributed by atoms with Gasteiger partial charge in [0, 0.05) is 11.4 Å². The highest BCUT2D eigenvalue weighted by molar-refractivity contribution is 6.32. The molecule has 9 heteroatoms. The van der Waals surface area contributed by atoms with Gasteiger partial charge in [0.1, 0.15) is 11.4 Å². The van der Waals surface area contributed by atoms with Gasteiger partial charge in [-0.25, -0.2) is 4.79 Å². The molecule has 0 saturated heterocycles. The molecule has 0 fully saturated rings. The standard InChI is InChI=1S/C16H15ClF2N2O4/c1-7-12(15(23)24-3)8(2)20-13(7)14(22)21-9-4-5-11(10(17)6-9)25-16(18)19/h4-6,16,20H,1-3H3,(H,21,22). The van der Waals surface area contributed by atoms with Gasteiger partial charge in [0.05, 0.1) is 17.7 Å². The Morgan fingerprint density at radius 3 is 2.52 bits per heavy atom. The summed E-state index contributed by atoms with van der Waals surface area (Å²) in [5.74, 6) is -1.27. The van der Waals surface area contributed by atoms with Crippen molar-refractivity contribution < 1.29 is 27.8 Å². The molecule has 1 heterocycles. The lowest BCUT2D eigenvalue weighted by atomic mass is 10.1. The predicted molar refractivity (Wildman–Crippen MR) is 87.6 cm³/mol. The number of hydrogen-bond acceptors (Lipinski definition) is 4. The Kier molecular flexibility index (Phi) is 5.63. The van der Waals surface area contributed by atoms with Gasteiger partial charge in [0.25, 0.3) is 5.91 Å². The smallest absolute Gasteiger partial charge is 0.387 e. The zero-order chi connectivity index (χ0) is 18.7. The van der Waals surface area contributed by atoms with Gasteiger partial charge in [-0.1, -0.05) is 11.6 Å². The normalized spacial score (nSPS) is 10.7. The first kappa shape index (κ1) is 18.7. The molecule has 0 spiro atoms. The second-order valence-corrected chi connectivity index (χ2v) is 5.50. The van der Waals surface area contributed by atoms with E-state index in [9.17, 15) is 18.4 Å². The van der Waals surface area contributed by atoms with Crippen LogP contribution in [0.2, 0.25) is 5.02 Å². The van der Waals surface area contributed by atoms with E-state index in [0.717, 1.165) is 0 Å². The number of hydrogen-bond donors (Lipinski definition) is 2. The third-order valence-corrected chi connectivity index (χ3v) is 3.76. The number of esters is 1. The molecule has 0 aliphatic rings. The lowest BCUT2D eigenvalue weighted by Crippen LogP contribution is -2.14. The fourth-order valence-corrected chi connectivity index (χ4v) is 2.57. The van der Waals surface area contributed by atoms with Gasteiger partial charge in [-0.05, 0) is 37.6 Å². The Hall–Kier alpha value is -2.61. The maximum absolute atomic E-state index is 12.4. The highest BCUT2D eigenvalue weighted by Gasteiger charge is 2.22. The number of methoxy groups -OCH3 is 1. The van der Waals surface area contributed by atoms with Crippen molar-refractivity contribution in [3.05, 3.63) is 45.7 Å². The van der Waals surface area contributed by atoms with Crippen LogP contribution in [-0.2, 0) is 4.74 Å². The van der Waals surface area contributed by atoms with Crippen LogP contribution in [0.15, 0.2) is 18.2 Å². The number of aromatic nitrogens is 1. The SMILES string of the molecule is COC(=O)c1c(C)[nH]c(C(=O)Nc2ccc(OC(F)F)c(Cl)c2)c1C. The van der Waals surface area contributed by atoms with Crippen LogP contribution < -0.4 is 10.1 Å². The number of alkyl halides is 2. The minimum atomic E-state index is -3.00. The summed E-state index contributed by atoms with van der Waals surface area (Å²) < 4.78 is 33.4.